The maximum absolute atomic E-state index is 11.5. The van der Waals surface area contributed by atoms with Gasteiger partial charge in [0.2, 0.25) is 11.8 Å². The van der Waals surface area contributed by atoms with Crippen LogP contribution < -0.4 is 5.43 Å². The molecule has 1 N–H and O–H groups in total. The van der Waals surface area contributed by atoms with Crippen LogP contribution in [-0.4, -0.2) is 29.0 Å². The molecule has 0 aliphatic carbocycles. The Balaban J connectivity index is 2.07. The van der Waals surface area contributed by atoms with Gasteiger partial charge in [0.25, 0.3) is 0 Å². The van der Waals surface area contributed by atoms with Crippen molar-refractivity contribution in [1.29, 1.82) is 0 Å². The van der Waals surface area contributed by atoms with Gasteiger partial charge in [0, 0.05) is 17.9 Å². The summed E-state index contributed by atoms with van der Waals surface area (Å²) in [5.41, 5.74) is 3.70. The number of halogens is 3. The van der Waals surface area contributed by atoms with E-state index in [4.69, 9.17) is 34.8 Å². The summed E-state index contributed by atoms with van der Waals surface area (Å²) in [6, 6.07) is 3.07. The highest BCUT2D eigenvalue weighted by atomic mass is 35.5. The minimum absolute atomic E-state index is 0.146. The van der Waals surface area contributed by atoms with E-state index < -0.39 is 0 Å². The third-order valence-electron chi connectivity index (χ3n) is 2.91. The number of rotatable bonds is 4. The first-order valence-corrected chi connectivity index (χ1v) is 7.29. The molecule has 1 aliphatic heterocycles. The van der Waals surface area contributed by atoms with Gasteiger partial charge in [-0.3, -0.25) is 19.9 Å². The molecule has 2 amide bonds. The van der Waals surface area contributed by atoms with Gasteiger partial charge in [-0.05, 0) is 19.1 Å². The van der Waals surface area contributed by atoms with Crippen LogP contribution in [0.5, 0.6) is 0 Å². The number of carbonyl (C=O) groups excluding carboxylic acids is 2. The van der Waals surface area contributed by atoms with Crippen molar-refractivity contribution in [1.82, 2.24) is 4.90 Å². The van der Waals surface area contributed by atoms with Gasteiger partial charge in [0.05, 0.1) is 28.0 Å². The molecular weight excluding hydrogens is 337 g/mol. The smallest absolute Gasteiger partial charge is 0.230 e. The van der Waals surface area contributed by atoms with E-state index in [1.54, 1.807) is 6.92 Å². The molecule has 0 atom stereocenters. The zero-order valence-electron chi connectivity index (χ0n) is 11.1. The van der Waals surface area contributed by atoms with E-state index in [9.17, 15) is 9.59 Å². The Bertz CT molecular complexity index is 592. The normalized spacial score (nSPS) is 15.8. The second kappa shape index (κ2) is 6.64. The van der Waals surface area contributed by atoms with Crippen LogP contribution >= 0.6 is 34.8 Å². The zero-order chi connectivity index (χ0) is 15.6. The van der Waals surface area contributed by atoms with Gasteiger partial charge in [-0.15, -0.1) is 0 Å². The van der Waals surface area contributed by atoms with Gasteiger partial charge in [-0.25, -0.2) is 0 Å². The fourth-order valence-corrected chi connectivity index (χ4v) is 2.77. The van der Waals surface area contributed by atoms with Gasteiger partial charge < -0.3 is 0 Å². The van der Waals surface area contributed by atoms with Crippen LogP contribution in [0.1, 0.15) is 19.8 Å². The summed E-state index contributed by atoms with van der Waals surface area (Å²) >= 11 is 17.8. The maximum Gasteiger partial charge on any atom is 0.230 e. The Morgan fingerprint density at radius 2 is 1.71 bits per heavy atom. The molecule has 5 nitrogen and oxygen atoms in total. The van der Waals surface area contributed by atoms with Crippen LogP contribution in [-0.2, 0) is 9.59 Å². The van der Waals surface area contributed by atoms with E-state index in [0.717, 1.165) is 0 Å². The number of anilines is 1. The van der Waals surface area contributed by atoms with Gasteiger partial charge in [-0.2, -0.15) is 5.10 Å². The largest absolute Gasteiger partial charge is 0.277 e. The van der Waals surface area contributed by atoms with Crippen molar-refractivity contribution in [3.63, 3.8) is 0 Å². The monoisotopic (exact) mass is 347 g/mol. The Morgan fingerprint density at radius 3 is 2.24 bits per heavy atom. The quantitative estimate of drug-likeness (QED) is 0.514. The first-order valence-electron chi connectivity index (χ1n) is 6.15. The summed E-state index contributed by atoms with van der Waals surface area (Å²) in [4.78, 5) is 24.2. The number of hydrogen-bond donors (Lipinski definition) is 1. The lowest BCUT2D eigenvalue weighted by Crippen LogP contribution is -2.33. The van der Waals surface area contributed by atoms with Crippen LogP contribution in [0.3, 0.4) is 0 Å². The van der Waals surface area contributed by atoms with Crippen molar-refractivity contribution in [2.24, 2.45) is 5.10 Å². The molecule has 112 valence electrons. The first-order chi connectivity index (χ1) is 9.88. The summed E-state index contributed by atoms with van der Waals surface area (Å²) in [5, 5.41) is 5.17. The highest BCUT2D eigenvalue weighted by Crippen LogP contribution is 2.33. The molecule has 0 bridgehead atoms. The van der Waals surface area contributed by atoms with Gasteiger partial charge in [-0.1, -0.05) is 34.8 Å². The van der Waals surface area contributed by atoms with Crippen molar-refractivity contribution in [3.05, 3.63) is 27.2 Å². The molecule has 1 aromatic rings. The lowest BCUT2D eigenvalue weighted by atomic mass is 10.3. The van der Waals surface area contributed by atoms with Gasteiger partial charge >= 0.3 is 0 Å². The lowest BCUT2D eigenvalue weighted by Gasteiger charge is -2.13. The minimum atomic E-state index is -0.183. The topological polar surface area (TPSA) is 61.8 Å². The number of amides is 2. The molecule has 0 aromatic heterocycles. The predicted octanol–water partition coefficient (Wildman–Crippen LogP) is 3.58. The molecule has 0 radical (unpaired) electrons. The minimum Gasteiger partial charge on any atom is -0.277 e. The summed E-state index contributed by atoms with van der Waals surface area (Å²) < 4.78 is 0. The molecule has 0 spiro atoms. The van der Waals surface area contributed by atoms with Crippen molar-refractivity contribution in [3.8, 4) is 0 Å². The summed E-state index contributed by atoms with van der Waals surface area (Å²) in [7, 11) is 0. The van der Waals surface area contributed by atoms with E-state index in [0.29, 0.717) is 26.5 Å². The molecule has 0 unspecified atom stereocenters. The molecule has 1 saturated heterocycles. The highest BCUT2D eigenvalue weighted by Gasteiger charge is 2.28. The fraction of sp³-hybridized carbons (Fsp3) is 0.308. The van der Waals surface area contributed by atoms with E-state index in [-0.39, 0.29) is 31.2 Å². The maximum atomic E-state index is 11.5. The van der Waals surface area contributed by atoms with E-state index in [1.807, 2.05) is 0 Å². The van der Waals surface area contributed by atoms with E-state index >= 15 is 0 Å². The number of likely N-dealkylation sites (tertiary alicyclic amines) is 1. The summed E-state index contributed by atoms with van der Waals surface area (Å²) in [6.45, 7) is 1.84. The molecule has 1 aliphatic rings. The average molecular weight is 349 g/mol. The van der Waals surface area contributed by atoms with Crippen LogP contribution in [0, 0.1) is 0 Å². The third-order valence-corrected chi connectivity index (χ3v) is 3.72. The second-order valence-electron chi connectivity index (χ2n) is 4.58. The fourth-order valence-electron chi connectivity index (χ4n) is 1.86. The Hall–Kier alpha value is -1.30. The van der Waals surface area contributed by atoms with E-state index in [1.165, 1.54) is 17.0 Å². The summed E-state index contributed by atoms with van der Waals surface area (Å²) in [5.74, 6) is -0.366. The Kier molecular flexibility index (Phi) is 5.08. The van der Waals surface area contributed by atoms with E-state index in [2.05, 4.69) is 10.5 Å². The number of hydrogen-bond acceptors (Lipinski definition) is 4. The Morgan fingerprint density at radius 1 is 1.19 bits per heavy atom. The molecule has 1 heterocycles. The number of nitrogens with zero attached hydrogens (tertiary/aromatic N) is 2. The molecule has 0 saturated carbocycles. The molecule has 2 rings (SSSR count). The van der Waals surface area contributed by atoms with Crippen LogP contribution in [0.2, 0.25) is 15.1 Å². The van der Waals surface area contributed by atoms with Crippen LogP contribution in [0.4, 0.5) is 5.69 Å². The zero-order valence-corrected chi connectivity index (χ0v) is 13.4. The predicted molar refractivity (Wildman–Crippen MR) is 84.2 cm³/mol. The number of nitrogens with one attached hydrogen (secondary N) is 1. The summed E-state index contributed by atoms with van der Waals surface area (Å²) in [6.07, 6.45) is 0.517. The average Bonchev–Trinajstić information content (AvgIpc) is 2.69. The van der Waals surface area contributed by atoms with Crippen LogP contribution in [0.25, 0.3) is 0 Å². The number of imide groups is 1. The Labute approximate surface area is 136 Å². The second-order valence-corrected chi connectivity index (χ2v) is 5.83. The van der Waals surface area contributed by atoms with Crippen molar-refractivity contribution >= 4 is 58.0 Å². The first kappa shape index (κ1) is 16.1. The lowest BCUT2D eigenvalue weighted by molar-refractivity contribution is -0.137. The SMILES string of the molecule is CC(CN1C(=O)CCC1=O)=NNc1c(Cl)cc(Cl)cc1Cl. The van der Waals surface area contributed by atoms with Crippen molar-refractivity contribution in [2.75, 3.05) is 12.0 Å². The van der Waals surface area contributed by atoms with Crippen molar-refractivity contribution < 1.29 is 9.59 Å². The number of hydrazone groups is 1. The molecule has 8 heteroatoms. The molecule has 1 fully saturated rings. The standard InChI is InChI=1S/C13H12Cl3N3O2/c1-7(6-19-11(20)2-3-12(19)21)17-18-13-9(15)4-8(14)5-10(13)16/h4-5,18H,2-3,6H2,1H3. The number of benzene rings is 1. The molecule has 1 aromatic carbocycles. The van der Waals surface area contributed by atoms with Crippen molar-refractivity contribution in [2.45, 2.75) is 19.8 Å². The molecular formula is C13H12Cl3N3O2. The third kappa shape index (κ3) is 3.87. The number of carbonyl (C=O) groups is 2. The van der Waals surface area contributed by atoms with Crippen LogP contribution in [0.15, 0.2) is 17.2 Å². The van der Waals surface area contributed by atoms with Gasteiger partial charge in [0.1, 0.15) is 0 Å². The highest BCUT2D eigenvalue weighted by molar-refractivity contribution is 6.41. The van der Waals surface area contributed by atoms with Gasteiger partial charge in [0.15, 0.2) is 0 Å². The molecule has 21 heavy (non-hydrogen) atoms.